The zero-order valence-corrected chi connectivity index (χ0v) is 20.8. The summed E-state index contributed by atoms with van der Waals surface area (Å²) >= 11 is 0. The largest absolute Gasteiger partial charge is 0.491 e. The molecule has 2 fully saturated rings. The molecule has 4 rings (SSSR count). The number of halogens is 2. The van der Waals surface area contributed by atoms with Gasteiger partial charge in [0.2, 0.25) is 0 Å². The molecular formula is C26H38Cl2N2O. The summed E-state index contributed by atoms with van der Waals surface area (Å²) in [5, 5.41) is 0. The van der Waals surface area contributed by atoms with E-state index in [1.54, 1.807) is 0 Å². The Morgan fingerprint density at radius 1 is 0.871 bits per heavy atom. The minimum absolute atomic E-state index is 0. The van der Waals surface area contributed by atoms with Crippen molar-refractivity contribution < 1.29 is 4.74 Å². The number of hydrogen-bond donors (Lipinski definition) is 0. The maximum atomic E-state index is 6.05. The van der Waals surface area contributed by atoms with Gasteiger partial charge in [-0.3, -0.25) is 4.90 Å². The molecule has 3 nitrogen and oxygen atoms in total. The highest BCUT2D eigenvalue weighted by molar-refractivity contribution is 5.85. The van der Waals surface area contributed by atoms with Crippen LogP contribution in [0.2, 0.25) is 0 Å². The molecule has 0 radical (unpaired) electrons. The number of hydrogen-bond acceptors (Lipinski definition) is 3. The Labute approximate surface area is 201 Å². The highest BCUT2D eigenvalue weighted by Crippen LogP contribution is 2.45. The molecule has 1 saturated carbocycles. The zero-order valence-electron chi connectivity index (χ0n) is 19.1. The van der Waals surface area contributed by atoms with Gasteiger partial charge >= 0.3 is 0 Å². The zero-order chi connectivity index (χ0) is 20.3. The van der Waals surface area contributed by atoms with Gasteiger partial charge in [0.25, 0.3) is 0 Å². The van der Waals surface area contributed by atoms with Gasteiger partial charge in [0.15, 0.2) is 0 Å². The van der Waals surface area contributed by atoms with E-state index >= 15 is 0 Å². The molecule has 0 atom stereocenters. The lowest BCUT2D eigenvalue weighted by Crippen LogP contribution is -2.56. The summed E-state index contributed by atoms with van der Waals surface area (Å²) in [5.41, 5.74) is 2.97. The molecule has 31 heavy (non-hydrogen) atoms. The minimum Gasteiger partial charge on any atom is -0.491 e. The SMILES string of the molecule is CC1CCC(c2cccc(OC(C)C)c2)(N2CCN(c3ccccc3)CC2)CC1.Cl.Cl. The van der Waals surface area contributed by atoms with Crippen LogP contribution in [-0.2, 0) is 5.54 Å². The first-order valence-corrected chi connectivity index (χ1v) is 11.4. The number of anilines is 1. The van der Waals surface area contributed by atoms with E-state index in [0.29, 0.717) is 0 Å². The molecule has 1 aliphatic carbocycles. The van der Waals surface area contributed by atoms with Crippen molar-refractivity contribution in [1.29, 1.82) is 0 Å². The van der Waals surface area contributed by atoms with Crippen molar-refractivity contribution >= 4 is 30.5 Å². The Morgan fingerprint density at radius 2 is 1.52 bits per heavy atom. The third-order valence-corrected chi connectivity index (χ3v) is 6.85. The van der Waals surface area contributed by atoms with E-state index in [9.17, 15) is 0 Å². The monoisotopic (exact) mass is 464 g/mol. The summed E-state index contributed by atoms with van der Waals surface area (Å²) in [6.07, 6.45) is 5.35. The molecule has 5 heteroatoms. The topological polar surface area (TPSA) is 15.7 Å². The van der Waals surface area contributed by atoms with Crippen LogP contribution in [0.5, 0.6) is 5.75 Å². The number of rotatable bonds is 5. The van der Waals surface area contributed by atoms with Gasteiger partial charge in [-0.15, -0.1) is 24.8 Å². The number of nitrogens with zero attached hydrogens (tertiary/aromatic N) is 2. The summed E-state index contributed by atoms with van der Waals surface area (Å²) in [6, 6.07) is 19.8. The number of para-hydroxylation sites is 1. The Kier molecular flexibility index (Phi) is 9.54. The van der Waals surface area contributed by atoms with Crippen LogP contribution in [-0.4, -0.2) is 37.2 Å². The van der Waals surface area contributed by atoms with Crippen molar-refractivity contribution in [2.24, 2.45) is 5.92 Å². The maximum absolute atomic E-state index is 6.05. The van der Waals surface area contributed by atoms with Crippen molar-refractivity contribution in [2.45, 2.75) is 58.1 Å². The highest BCUT2D eigenvalue weighted by atomic mass is 35.5. The molecule has 1 aliphatic heterocycles. The molecule has 0 amide bonds. The predicted octanol–water partition coefficient (Wildman–Crippen LogP) is 6.55. The molecule has 2 aliphatic rings. The second kappa shape index (κ2) is 11.4. The standard InChI is InChI=1S/C26H36N2O.2ClH/c1-21(2)29-25-11-7-8-23(20-25)26(14-12-22(3)13-15-26)28-18-16-27(17-19-28)24-9-5-4-6-10-24;;/h4-11,20-22H,12-19H2,1-3H3;2*1H. The molecule has 172 valence electrons. The molecule has 0 unspecified atom stereocenters. The van der Waals surface area contributed by atoms with Crippen molar-refractivity contribution in [3.63, 3.8) is 0 Å². The molecule has 0 N–H and O–H groups in total. The van der Waals surface area contributed by atoms with E-state index in [4.69, 9.17) is 4.74 Å². The molecule has 0 spiro atoms. The summed E-state index contributed by atoms with van der Waals surface area (Å²) in [5.74, 6) is 1.85. The van der Waals surface area contributed by atoms with E-state index < -0.39 is 0 Å². The van der Waals surface area contributed by atoms with Crippen molar-refractivity contribution in [2.75, 3.05) is 31.1 Å². The predicted molar refractivity (Wildman–Crippen MR) is 136 cm³/mol. The van der Waals surface area contributed by atoms with Gasteiger partial charge in [-0.2, -0.15) is 0 Å². The Hall–Kier alpha value is -1.42. The van der Waals surface area contributed by atoms with E-state index in [0.717, 1.165) is 37.8 Å². The molecule has 0 aromatic heterocycles. The van der Waals surface area contributed by atoms with Gasteiger partial charge in [0, 0.05) is 37.4 Å². The third kappa shape index (κ3) is 5.88. The van der Waals surface area contributed by atoms with E-state index in [1.165, 1.54) is 36.9 Å². The second-order valence-corrected chi connectivity index (χ2v) is 9.22. The third-order valence-electron chi connectivity index (χ3n) is 6.85. The van der Waals surface area contributed by atoms with Crippen LogP contribution in [0.1, 0.15) is 52.0 Å². The molecule has 1 saturated heterocycles. The number of ether oxygens (including phenoxy) is 1. The van der Waals surface area contributed by atoms with Crippen LogP contribution in [0, 0.1) is 5.92 Å². The Balaban J connectivity index is 0.00000171. The van der Waals surface area contributed by atoms with Gasteiger partial charge in [0.05, 0.1) is 6.10 Å². The van der Waals surface area contributed by atoms with Gasteiger partial charge in [-0.25, -0.2) is 0 Å². The molecule has 1 heterocycles. The lowest BCUT2D eigenvalue weighted by Gasteiger charge is -2.51. The molecule has 2 aromatic carbocycles. The quantitative estimate of drug-likeness (QED) is 0.498. The number of benzene rings is 2. The summed E-state index contributed by atoms with van der Waals surface area (Å²) in [7, 11) is 0. The van der Waals surface area contributed by atoms with Crippen molar-refractivity contribution in [1.82, 2.24) is 4.90 Å². The summed E-state index contributed by atoms with van der Waals surface area (Å²) < 4.78 is 6.05. The van der Waals surface area contributed by atoms with Gasteiger partial charge in [-0.1, -0.05) is 37.3 Å². The smallest absolute Gasteiger partial charge is 0.120 e. The first-order valence-electron chi connectivity index (χ1n) is 11.4. The van der Waals surface area contributed by atoms with Crippen LogP contribution in [0.25, 0.3) is 0 Å². The summed E-state index contributed by atoms with van der Waals surface area (Å²) in [4.78, 5) is 5.32. The molecule has 2 aromatic rings. The second-order valence-electron chi connectivity index (χ2n) is 9.22. The van der Waals surface area contributed by atoms with Crippen LogP contribution < -0.4 is 9.64 Å². The fourth-order valence-electron chi connectivity index (χ4n) is 5.19. The highest BCUT2D eigenvalue weighted by Gasteiger charge is 2.42. The maximum Gasteiger partial charge on any atom is 0.120 e. The Bertz CT molecular complexity index is 783. The molecular weight excluding hydrogens is 427 g/mol. The molecule has 0 bridgehead atoms. The van der Waals surface area contributed by atoms with Crippen LogP contribution in [0.15, 0.2) is 54.6 Å². The average molecular weight is 466 g/mol. The summed E-state index contributed by atoms with van der Waals surface area (Å²) in [6.45, 7) is 11.1. The Morgan fingerprint density at radius 3 is 2.13 bits per heavy atom. The van der Waals surface area contributed by atoms with Gasteiger partial charge in [-0.05, 0) is 75.3 Å². The van der Waals surface area contributed by atoms with Crippen molar-refractivity contribution in [3.8, 4) is 5.75 Å². The lowest BCUT2D eigenvalue weighted by molar-refractivity contribution is 0.0296. The van der Waals surface area contributed by atoms with E-state index in [2.05, 4.69) is 85.2 Å². The van der Waals surface area contributed by atoms with Gasteiger partial charge in [0.1, 0.15) is 5.75 Å². The van der Waals surface area contributed by atoms with Gasteiger partial charge < -0.3 is 9.64 Å². The van der Waals surface area contributed by atoms with E-state index in [-0.39, 0.29) is 36.5 Å². The first kappa shape index (κ1) is 25.8. The number of piperazine rings is 1. The lowest BCUT2D eigenvalue weighted by atomic mass is 9.71. The van der Waals surface area contributed by atoms with Crippen molar-refractivity contribution in [3.05, 3.63) is 60.2 Å². The van der Waals surface area contributed by atoms with Crippen LogP contribution >= 0.6 is 24.8 Å². The average Bonchev–Trinajstić information content (AvgIpc) is 2.75. The van der Waals surface area contributed by atoms with Crippen LogP contribution in [0.4, 0.5) is 5.69 Å². The minimum atomic E-state index is 0. The van der Waals surface area contributed by atoms with Crippen LogP contribution in [0.3, 0.4) is 0 Å². The first-order chi connectivity index (χ1) is 14.1. The fourth-order valence-corrected chi connectivity index (χ4v) is 5.19. The van der Waals surface area contributed by atoms with E-state index in [1.807, 2.05) is 0 Å². The fraction of sp³-hybridized carbons (Fsp3) is 0.538. The normalized spacial score (nSPS) is 24.3.